The maximum absolute atomic E-state index is 4.97. The van der Waals surface area contributed by atoms with Crippen LogP contribution in [0.5, 0.6) is 0 Å². The second-order valence-electron chi connectivity index (χ2n) is 2.93. The maximum Gasteiger partial charge on any atom is 0.0462 e. The van der Waals surface area contributed by atoms with Gasteiger partial charge < -0.3 is 10.1 Å². The predicted octanol–water partition coefficient (Wildman–Crippen LogP) is 2.19. The molecule has 1 atom stereocenters. The third-order valence-electron chi connectivity index (χ3n) is 2.06. The molecule has 0 bridgehead atoms. The summed E-state index contributed by atoms with van der Waals surface area (Å²) in [6.45, 7) is 6.13. The van der Waals surface area contributed by atoms with Gasteiger partial charge in [-0.3, -0.25) is 0 Å². The summed E-state index contributed by atoms with van der Waals surface area (Å²) in [5.41, 5.74) is 0. The van der Waals surface area contributed by atoms with E-state index in [1.54, 1.807) is 7.11 Å². The summed E-state index contributed by atoms with van der Waals surface area (Å²) < 4.78 is 4.97. The molecule has 2 nitrogen and oxygen atoms in total. The van der Waals surface area contributed by atoms with Crippen LogP contribution < -0.4 is 5.32 Å². The minimum atomic E-state index is 0.787. The fraction of sp³-hybridized carbons (Fsp3) is 1.00. The Morgan fingerprint density at radius 1 is 1.42 bits per heavy atom. The highest BCUT2D eigenvalue weighted by Gasteiger charge is 2.12. The third kappa shape index (κ3) is 5.56. The van der Waals surface area contributed by atoms with Crippen LogP contribution in [0.25, 0.3) is 0 Å². The second kappa shape index (κ2) is 9.01. The van der Waals surface area contributed by atoms with Crippen LogP contribution in [-0.2, 0) is 4.74 Å². The number of ether oxygens (including phenoxy) is 1. The largest absolute Gasteiger partial charge is 0.385 e. The molecule has 0 saturated carbocycles. The minimum Gasteiger partial charge on any atom is -0.385 e. The Morgan fingerprint density at radius 3 is 2.67 bits per heavy atom. The van der Waals surface area contributed by atoms with Gasteiger partial charge in [0, 0.05) is 19.8 Å². The zero-order valence-electron chi connectivity index (χ0n) is 8.73. The van der Waals surface area contributed by atoms with E-state index in [4.69, 9.17) is 4.74 Å². The fourth-order valence-electron chi connectivity index (χ4n) is 1.48. The van der Waals surface area contributed by atoms with Gasteiger partial charge in [-0.25, -0.2) is 0 Å². The van der Waals surface area contributed by atoms with Crippen molar-refractivity contribution in [3.05, 3.63) is 0 Å². The molecule has 0 amide bonds. The number of methoxy groups -OCH3 is 1. The lowest BCUT2D eigenvalue weighted by molar-refractivity contribution is 0.189. The molecule has 0 aromatic carbocycles. The molecule has 0 aromatic rings. The van der Waals surface area contributed by atoms with Crippen molar-refractivity contribution in [2.75, 3.05) is 20.3 Å². The molecule has 2 heteroatoms. The summed E-state index contributed by atoms with van der Waals surface area (Å²) in [5.74, 6) is 0. The van der Waals surface area contributed by atoms with Crippen molar-refractivity contribution in [2.24, 2.45) is 0 Å². The Morgan fingerprint density at radius 2 is 2.17 bits per heavy atom. The monoisotopic (exact) mass is 173 g/mol. The van der Waals surface area contributed by atoms with Crippen LogP contribution in [0.1, 0.15) is 39.5 Å². The van der Waals surface area contributed by atoms with Crippen LogP contribution in [0, 0.1) is 0 Å². The van der Waals surface area contributed by atoms with E-state index in [1.807, 2.05) is 13.8 Å². The Hall–Kier alpha value is -0.0800. The first-order valence-electron chi connectivity index (χ1n) is 5.16. The quantitative estimate of drug-likeness (QED) is 0.658. The van der Waals surface area contributed by atoms with Crippen LogP contribution >= 0.6 is 0 Å². The zero-order valence-corrected chi connectivity index (χ0v) is 8.73. The van der Waals surface area contributed by atoms with Gasteiger partial charge in [0.05, 0.1) is 0 Å². The van der Waals surface area contributed by atoms with Gasteiger partial charge in [0.1, 0.15) is 0 Å². The van der Waals surface area contributed by atoms with Crippen molar-refractivity contribution < 1.29 is 4.74 Å². The van der Waals surface area contributed by atoms with Crippen molar-refractivity contribution in [1.29, 1.82) is 0 Å². The summed E-state index contributed by atoms with van der Waals surface area (Å²) in [6.07, 6.45) is 5.21. The molecule has 1 fully saturated rings. The number of hydrogen-bond donors (Lipinski definition) is 1. The molecule has 1 saturated heterocycles. The van der Waals surface area contributed by atoms with Crippen molar-refractivity contribution in [2.45, 2.75) is 45.6 Å². The van der Waals surface area contributed by atoms with Gasteiger partial charge in [-0.1, -0.05) is 13.8 Å². The molecule has 1 N–H and O–H groups in total. The lowest BCUT2D eigenvalue weighted by Gasteiger charge is -2.07. The van der Waals surface area contributed by atoms with Crippen LogP contribution in [0.2, 0.25) is 0 Å². The van der Waals surface area contributed by atoms with Crippen LogP contribution in [0.4, 0.5) is 0 Å². The molecule has 1 unspecified atom stereocenters. The van der Waals surface area contributed by atoms with E-state index in [1.165, 1.54) is 32.2 Å². The van der Waals surface area contributed by atoms with E-state index in [-0.39, 0.29) is 0 Å². The lowest BCUT2D eigenvalue weighted by atomic mass is 10.1. The molecular weight excluding hydrogens is 150 g/mol. The highest BCUT2D eigenvalue weighted by molar-refractivity contribution is 4.73. The van der Waals surface area contributed by atoms with E-state index in [0.29, 0.717) is 0 Å². The molecule has 0 aromatic heterocycles. The van der Waals surface area contributed by atoms with Crippen molar-refractivity contribution in [3.63, 3.8) is 0 Å². The molecule has 74 valence electrons. The summed E-state index contributed by atoms with van der Waals surface area (Å²) in [7, 11) is 1.77. The van der Waals surface area contributed by atoms with E-state index in [0.717, 1.165) is 12.6 Å². The van der Waals surface area contributed by atoms with Gasteiger partial charge in [-0.2, -0.15) is 0 Å². The Labute approximate surface area is 76.7 Å². The van der Waals surface area contributed by atoms with Gasteiger partial charge in [0.15, 0.2) is 0 Å². The summed E-state index contributed by atoms with van der Waals surface area (Å²) >= 11 is 0. The number of nitrogens with one attached hydrogen (secondary N) is 1. The Bertz CT molecular complexity index is 79.9. The molecule has 0 aliphatic carbocycles. The minimum absolute atomic E-state index is 0.787. The summed E-state index contributed by atoms with van der Waals surface area (Å²) in [4.78, 5) is 0. The van der Waals surface area contributed by atoms with Gasteiger partial charge in [0.25, 0.3) is 0 Å². The first kappa shape index (κ1) is 11.9. The summed E-state index contributed by atoms with van der Waals surface area (Å²) in [6, 6.07) is 0.787. The number of rotatable bonds is 4. The highest BCUT2D eigenvalue weighted by atomic mass is 16.5. The molecule has 1 rings (SSSR count). The molecule has 1 aliphatic heterocycles. The third-order valence-corrected chi connectivity index (χ3v) is 2.06. The molecule has 0 spiro atoms. The fourth-order valence-corrected chi connectivity index (χ4v) is 1.48. The average Bonchev–Trinajstić information content (AvgIpc) is 2.61. The van der Waals surface area contributed by atoms with Crippen molar-refractivity contribution >= 4 is 0 Å². The summed E-state index contributed by atoms with van der Waals surface area (Å²) in [5, 5.41) is 3.46. The SMILES string of the molecule is CC.COCCCC1CCCN1. The van der Waals surface area contributed by atoms with E-state index < -0.39 is 0 Å². The first-order chi connectivity index (χ1) is 5.93. The van der Waals surface area contributed by atoms with Crippen LogP contribution in [0.15, 0.2) is 0 Å². The number of hydrogen-bond acceptors (Lipinski definition) is 2. The molecule has 1 aliphatic rings. The second-order valence-corrected chi connectivity index (χ2v) is 2.93. The van der Waals surface area contributed by atoms with Crippen molar-refractivity contribution in [3.8, 4) is 0 Å². The van der Waals surface area contributed by atoms with E-state index in [9.17, 15) is 0 Å². The smallest absolute Gasteiger partial charge is 0.0462 e. The predicted molar refractivity (Wildman–Crippen MR) is 53.5 cm³/mol. The molecule has 0 radical (unpaired) electrons. The highest BCUT2D eigenvalue weighted by Crippen LogP contribution is 2.09. The molecular formula is C10H23NO. The van der Waals surface area contributed by atoms with Crippen molar-refractivity contribution in [1.82, 2.24) is 5.32 Å². The van der Waals surface area contributed by atoms with Gasteiger partial charge in [-0.15, -0.1) is 0 Å². The molecule has 12 heavy (non-hydrogen) atoms. The van der Waals surface area contributed by atoms with E-state index >= 15 is 0 Å². The topological polar surface area (TPSA) is 21.3 Å². The first-order valence-corrected chi connectivity index (χ1v) is 5.16. The van der Waals surface area contributed by atoms with Crippen LogP contribution in [-0.4, -0.2) is 26.3 Å². The Balaban J connectivity index is 0.000000561. The Kier molecular flexibility index (Phi) is 8.95. The standard InChI is InChI=1S/C8H17NO.C2H6/c1-10-7-3-5-8-4-2-6-9-8;1-2/h8-9H,2-7H2,1H3;1-2H3. The zero-order chi connectivity index (χ0) is 9.23. The van der Waals surface area contributed by atoms with Gasteiger partial charge in [-0.05, 0) is 32.2 Å². The maximum atomic E-state index is 4.97. The lowest BCUT2D eigenvalue weighted by Crippen LogP contribution is -2.21. The molecule has 1 heterocycles. The average molecular weight is 173 g/mol. The van der Waals surface area contributed by atoms with E-state index in [2.05, 4.69) is 5.32 Å². The normalized spacial score (nSPS) is 21.8. The van der Waals surface area contributed by atoms with Gasteiger partial charge >= 0.3 is 0 Å². The van der Waals surface area contributed by atoms with Gasteiger partial charge in [0.2, 0.25) is 0 Å². The van der Waals surface area contributed by atoms with Crippen LogP contribution in [0.3, 0.4) is 0 Å².